The molecule has 0 aromatic heterocycles. The molecule has 0 saturated heterocycles. The molecule has 150 valence electrons. The van der Waals surface area contributed by atoms with Gasteiger partial charge >= 0.3 is 0 Å². The van der Waals surface area contributed by atoms with Gasteiger partial charge in [-0.2, -0.15) is 0 Å². The monoisotopic (exact) mass is 528 g/mol. The molecule has 0 N–H and O–H groups in total. The van der Waals surface area contributed by atoms with Crippen LogP contribution < -0.4 is 0 Å². The van der Waals surface area contributed by atoms with Crippen LogP contribution in [0.3, 0.4) is 0 Å². The summed E-state index contributed by atoms with van der Waals surface area (Å²) < 4.78 is 1.67. The average molecular weight is 530 g/mol. The lowest BCUT2D eigenvalue weighted by Crippen LogP contribution is -1.98. The summed E-state index contributed by atoms with van der Waals surface area (Å²) in [6.07, 6.45) is 6.61. The Morgan fingerprint density at radius 3 is 1.33 bits per heavy atom. The maximum Gasteiger partial charge on any atom is 0.283 e. The van der Waals surface area contributed by atoms with Crippen molar-refractivity contribution in [2.75, 3.05) is 0 Å². The molecule has 0 bridgehead atoms. The van der Waals surface area contributed by atoms with Crippen LogP contribution in [0.5, 0.6) is 0 Å². The second-order valence-corrected chi connectivity index (χ2v) is 7.90. The molecule has 0 spiro atoms. The molecule has 30 heavy (non-hydrogen) atoms. The normalized spacial score (nSPS) is 11.3. The van der Waals surface area contributed by atoms with Gasteiger partial charge in [-0.05, 0) is 41.5 Å². The molecule has 0 atom stereocenters. The molecule has 0 amide bonds. The zero-order valence-corrected chi connectivity index (χ0v) is 18.5. The topological polar surface area (TPSA) is 86.3 Å². The van der Waals surface area contributed by atoms with Crippen molar-refractivity contribution in [3.8, 4) is 0 Å². The van der Waals surface area contributed by atoms with Crippen molar-refractivity contribution in [3.05, 3.63) is 112 Å². The minimum Gasteiger partial charge on any atom is -0.258 e. The Labute approximate surface area is 189 Å². The number of nitro groups is 2. The van der Waals surface area contributed by atoms with E-state index in [1.807, 2.05) is 48.5 Å². The van der Waals surface area contributed by atoms with Gasteiger partial charge in [0.25, 0.3) is 11.4 Å². The van der Waals surface area contributed by atoms with E-state index >= 15 is 0 Å². The van der Waals surface area contributed by atoms with E-state index in [1.54, 1.807) is 24.3 Å². The van der Waals surface area contributed by atoms with Gasteiger partial charge in [-0.1, -0.05) is 80.4 Å². The van der Waals surface area contributed by atoms with Crippen LogP contribution in [0.4, 0.5) is 11.4 Å². The minimum atomic E-state index is -0.617. The van der Waals surface area contributed by atoms with Gasteiger partial charge in [0, 0.05) is 8.95 Å². The first-order valence-electron chi connectivity index (χ1n) is 8.69. The van der Waals surface area contributed by atoms with E-state index in [1.165, 1.54) is 6.07 Å². The van der Waals surface area contributed by atoms with Crippen molar-refractivity contribution in [2.24, 2.45) is 0 Å². The second kappa shape index (κ2) is 9.60. The first-order valence-corrected chi connectivity index (χ1v) is 10.3. The molecule has 0 aliphatic carbocycles. The van der Waals surface area contributed by atoms with Gasteiger partial charge in [0.15, 0.2) is 0 Å². The standard InChI is InChI=1S/C22H14Br2N2O4/c23-19-7-3-1-5-15(19)9-11-17-13-18(12-10-16-6-2-4-8-20(16)24)22(26(29)30)14-21(17)25(27)28/h1-14H/b11-9+,12-10+. The molecule has 3 aromatic carbocycles. The Kier molecular flexibility index (Phi) is 6.91. The Hall–Kier alpha value is -3.10. The smallest absolute Gasteiger partial charge is 0.258 e. The number of hydrogen-bond acceptors (Lipinski definition) is 4. The fourth-order valence-electron chi connectivity index (χ4n) is 2.77. The number of rotatable bonds is 6. The average Bonchev–Trinajstić information content (AvgIpc) is 2.72. The van der Waals surface area contributed by atoms with E-state index in [0.717, 1.165) is 26.1 Å². The Morgan fingerprint density at radius 2 is 0.967 bits per heavy atom. The number of benzene rings is 3. The van der Waals surface area contributed by atoms with E-state index in [2.05, 4.69) is 31.9 Å². The Morgan fingerprint density at radius 1 is 0.600 bits per heavy atom. The molecular weight excluding hydrogens is 516 g/mol. The lowest BCUT2D eigenvalue weighted by atomic mass is 10.0. The maximum absolute atomic E-state index is 11.5. The van der Waals surface area contributed by atoms with Crippen molar-refractivity contribution in [1.82, 2.24) is 0 Å². The molecule has 0 saturated carbocycles. The summed E-state index contributed by atoms with van der Waals surface area (Å²) in [4.78, 5) is 21.8. The molecule has 0 aliphatic rings. The predicted molar refractivity (Wildman–Crippen MR) is 126 cm³/mol. The number of halogens is 2. The quantitative estimate of drug-likeness (QED) is 0.189. The summed E-state index contributed by atoms with van der Waals surface area (Å²) in [6, 6.07) is 17.3. The van der Waals surface area contributed by atoms with Gasteiger partial charge in [-0.3, -0.25) is 20.2 Å². The van der Waals surface area contributed by atoms with Crippen LogP contribution in [-0.2, 0) is 0 Å². The zero-order chi connectivity index (χ0) is 21.7. The minimum absolute atomic E-state index is 0.271. The van der Waals surface area contributed by atoms with Crippen molar-refractivity contribution < 1.29 is 9.85 Å². The molecule has 3 aromatic rings. The van der Waals surface area contributed by atoms with E-state index in [0.29, 0.717) is 0 Å². The summed E-state index contributed by atoms with van der Waals surface area (Å²) in [5, 5.41) is 23.1. The largest absolute Gasteiger partial charge is 0.283 e. The summed E-state index contributed by atoms with van der Waals surface area (Å²) in [6.45, 7) is 0. The molecule has 0 aliphatic heterocycles. The fraction of sp³-hybridized carbons (Fsp3) is 0. The Balaban J connectivity index is 2.11. The van der Waals surface area contributed by atoms with Gasteiger partial charge in [0.2, 0.25) is 0 Å². The summed E-state index contributed by atoms with van der Waals surface area (Å²) in [5.74, 6) is 0. The predicted octanol–water partition coefficient (Wildman–Crippen LogP) is 7.37. The number of nitro benzene ring substituents is 2. The Bertz CT molecular complexity index is 1100. The fourth-order valence-corrected chi connectivity index (χ4v) is 3.61. The van der Waals surface area contributed by atoms with Crippen LogP contribution in [0.25, 0.3) is 24.3 Å². The van der Waals surface area contributed by atoms with Crippen LogP contribution in [0.2, 0.25) is 0 Å². The molecule has 0 radical (unpaired) electrons. The second-order valence-electron chi connectivity index (χ2n) is 6.19. The molecule has 8 heteroatoms. The summed E-state index contributed by atoms with van der Waals surface area (Å²) in [5.41, 5.74) is 1.54. The van der Waals surface area contributed by atoms with Crippen LogP contribution >= 0.6 is 31.9 Å². The van der Waals surface area contributed by atoms with Crippen molar-refractivity contribution >= 4 is 67.5 Å². The highest BCUT2D eigenvalue weighted by Crippen LogP contribution is 2.32. The third kappa shape index (κ3) is 5.08. The van der Waals surface area contributed by atoms with E-state index in [4.69, 9.17) is 0 Å². The lowest BCUT2D eigenvalue weighted by molar-refractivity contribution is -0.394. The highest BCUT2D eigenvalue weighted by atomic mass is 79.9. The van der Waals surface area contributed by atoms with E-state index < -0.39 is 9.85 Å². The zero-order valence-electron chi connectivity index (χ0n) is 15.4. The van der Waals surface area contributed by atoms with Crippen molar-refractivity contribution in [3.63, 3.8) is 0 Å². The first kappa shape index (κ1) is 21.6. The summed E-state index contributed by atoms with van der Waals surface area (Å²) >= 11 is 6.86. The molecule has 0 fully saturated rings. The van der Waals surface area contributed by atoms with Gasteiger partial charge in [-0.15, -0.1) is 0 Å². The number of hydrogen-bond donors (Lipinski definition) is 0. The van der Waals surface area contributed by atoms with Gasteiger partial charge in [-0.25, -0.2) is 0 Å². The molecule has 3 rings (SSSR count). The third-order valence-electron chi connectivity index (χ3n) is 4.26. The van der Waals surface area contributed by atoms with Gasteiger partial charge in [0.05, 0.1) is 27.0 Å². The van der Waals surface area contributed by atoms with Crippen LogP contribution in [0.1, 0.15) is 22.3 Å². The van der Waals surface area contributed by atoms with Crippen LogP contribution in [0.15, 0.2) is 69.6 Å². The molecule has 6 nitrogen and oxygen atoms in total. The maximum atomic E-state index is 11.5. The highest BCUT2D eigenvalue weighted by Gasteiger charge is 2.22. The van der Waals surface area contributed by atoms with Crippen LogP contribution in [-0.4, -0.2) is 9.85 Å². The lowest BCUT2D eigenvalue weighted by Gasteiger charge is -2.04. The van der Waals surface area contributed by atoms with Gasteiger partial charge < -0.3 is 0 Å². The van der Waals surface area contributed by atoms with E-state index in [-0.39, 0.29) is 22.5 Å². The highest BCUT2D eigenvalue weighted by molar-refractivity contribution is 9.10. The molecular formula is C22H14Br2N2O4. The number of nitrogens with zero attached hydrogens (tertiary/aromatic N) is 2. The first-order chi connectivity index (χ1) is 14.4. The third-order valence-corrected chi connectivity index (χ3v) is 5.71. The molecule has 0 heterocycles. The summed E-state index contributed by atoms with van der Waals surface area (Å²) in [7, 11) is 0. The van der Waals surface area contributed by atoms with Crippen molar-refractivity contribution in [1.29, 1.82) is 0 Å². The van der Waals surface area contributed by atoms with Crippen LogP contribution in [0, 0.1) is 20.2 Å². The van der Waals surface area contributed by atoms with E-state index in [9.17, 15) is 20.2 Å². The molecule has 0 unspecified atom stereocenters. The van der Waals surface area contributed by atoms with Gasteiger partial charge in [0.1, 0.15) is 0 Å². The SMILES string of the molecule is O=[N+]([O-])c1cc([N+](=O)[O-])c(/C=C/c2ccccc2Br)cc1/C=C/c1ccccc1Br. The van der Waals surface area contributed by atoms with Crippen molar-refractivity contribution in [2.45, 2.75) is 0 Å².